The molecule has 26 heavy (non-hydrogen) atoms. The largest absolute Gasteiger partial charge is 0.472 e. The Morgan fingerprint density at radius 1 is 1.31 bits per heavy atom. The molecule has 0 saturated heterocycles. The number of thiazole rings is 1. The molecule has 5 nitrogen and oxygen atoms in total. The fourth-order valence-corrected chi connectivity index (χ4v) is 4.26. The van der Waals surface area contributed by atoms with Crippen molar-refractivity contribution in [3.8, 4) is 0 Å². The van der Waals surface area contributed by atoms with E-state index in [-0.39, 0.29) is 5.91 Å². The second-order valence-electron chi connectivity index (χ2n) is 6.06. The minimum absolute atomic E-state index is 0.211. The quantitative estimate of drug-likeness (QED) is 0.670. The first-order valence-corrected chi connectivity index (χ1v) is 9.64. The van der Waals surface area contributed by atoms with Gasteiger partial charge in [-0.1, -0.05) is 29.3 Å². The average molecular weight is 408 g/mol. The van der Waals surface area contributed by atoms with E-state index in [4.69, 9.17) is 27.6 Å². The first-order chi connectivity index (χ1) is 12.6. The molecule has 1 aliphatic heterocycles. The fraction of sp³-hybridized carbons (Fsp3) is 0.222. The number of carbonyl (C=O) groups excluding carboxylic acids is 1. The maximum Gasteiger partial charge on any atom is 0.260 e. The van der Waals surface area contributed by atoms with Crippen LogP contribution in [0.4, 0.5) is 5.13 Å². The van der Waals surface area contributed by atoms with Crippen molar-refractivity contribution >= 4 is 45.6 Å². The number of fused-ring (bicyclic) bond motifs is 1. The Morgan fingerprint density at radius 3 is 2.96 bits per heavy atom. The van der Waals surface area contributed by atoms with Crippen molar-refractivity contribution in [3.63, 3.8) is 0 Å². The van der Waals surface area contributed by atoms with Gasteiger partial charge >= 0.3 is 0 Å². The van der Waals surface area contributed by atoms with Crippen molar-refractivity contribution in [3.05, 3.63) is 68.5 Å². The minimum Gasteiger partial charge on any atom is -0.472 e. The lowest BCUT2D eigenvalue weighted by atomic mass is 10.1. The molecular weight excluding hydrogens is 393 g/mol. The number of amides is 1. The van der Waals surface area contributed by atoms with E-state index in [0.717, 1.165) is 37.3 Å². The van der Waals surface area contributed by atoms with Crippen molar-refractivity contribution in [1.82, 2.24) is 9.88 Å². The third-order valence-corrected chi connectivity index (χ3v) is 5.94. The van der Waals surface area contributed by atoms with Crippen molar-refractivity contribution in [2.45, 2.75) is 19.5 Å². The van der Waals surface area contributed by atoms with E-state index in [1.54, 1.807) is 6.07 Å². The topological polar surface area (TPSA) is 58.4 Å². The van der Waals surface area contributed by atoms with Gasteiger partial charge in [-0.2, -0.15) is 0 Å². The summed E-state index contributed by atoms with van der Waals surface area (Å²) in [6, 6.07) is 7.35. The molecular formula is C18H15Cl2N3O2S. The van der Waals surface area contributed by atoms with Crippen LogP contribution in [0.15, 0.2) is 41.2 Å². The molecule has 0 spiro atoms. The maximum atomic E-state index is 12.1. The Hall–Kier alpha value is -1.86. The van der Waals surface area contributed by atoms with Crippen LogP contribution in [0.25, 0.3) is 0 Å². The number of furan rings is 1. The van der Waals surface area contributed by atoms with Crippen molar-refractivity contribution in [2.24, 2.45) is 0 Å². The van der Waals surface area contributed by atoms with Gasteiger partial charge in [0.05, 0.1) is 27.6 Å². The molecule has 0 bridgehead atoms. The summed E-state index contributed by atoms with van der Waals surface area (Å²) >= 11 is 13.6. The number of halogens is 2. The highest BCUT2D eigenvalue weighted by atomic mass is 35.5. The van der Waals surface area contributed by atoms with Gasteiger partial charge in [0.15, 0.2) is 5.13 Å². The van der Waals surface area contributed by atoms with Gasteiger partial charge in [0.25, 0.3) is 5.91 Å². The number of rotatable bonds is 4. The molecule has 1 N–H and O–H groups in total. The van der Waals surface area contributed by atoms with Gasteiger partial charge in [-0.15, -0.1) is 11.3 Å². The molecule has 8 heteroatoms. The first-order valence-electron chi connectivity index (χ1n) is 8.07. The Balaban J connectivity index is 1.43. The van der Waals surface area contributed by atoms with Crippen LogP contribution in [0.3, 0.4) is 0 Å². The van der Waals surface area contributed by atoms with Crippen LogP contribution < -0.4 is 5.32 Å². The summed E-state index contributed by atoms with van der Waals surface area (Å²) in [5.74, 6) is -0.211. The zero-order chi connectivity index (χ0) is 18.1. The van der Waals surface area contributed by atoms with E-state index in [1.165, 1.54) is 28.7 Å². The maximum absolute atomic E-state index is 12.1. The van der Waals surface area contributed by atoms with Gasteiger partial charge in [-0.05, 0) is 23.8 Å². The number of nitrogens with one attached hydrogen (secondary N) is 1. The molecule has 0 unspecified atom stereocenters. The van der Waals surface area contributed by atoms with Crippen LogP contribution in [0.2, 0.25) is 10.0 Å². The number of aromatic nitrogens is 1. The molecule has 1 aromatic carbocycles. The highest BCUT2D eigenvalue weighted by molar-refractivity contribution is 7.15. The molecule has 3 aromatic rings. The first kappa shape index (κ1) is 17.5. The molecule has 0 fully saturated rings. The predicted octanol–water partition coefficient (Wildman–Crippen LogP) is 4.85. The third-order valence-electron chi connectivity index (χ3n) is 4.20. The van der Waals surface area contributed by atoms with Crippen molar-refractivity contribution < 1.29 is 9.21 Å². The summed E-state index contributed by atoms with van der Waals surface area (Å²) in [7, 11) is 0. The summed E-state index contributed by atoms with van der Waals surface area (Å²) in [4.78, 5) is 20.2. The van der Waals surface area contributed by atoms with Crippen LogP contribution in [-0.4, -0.2) is 22.3 Å². The van der Waals surface area contributed by atoms with Crippen LogP contribution in [0.1, 0.15) is 26.5 Å². The predicted molar refractivity (Wildman–Crippen MR) is 103 cm³/mol. The van der Waals surface area contributed by atoms with Crippen molar-refractivity contribution in [2.75, 3.05) is 11.9 Å². The highest BCUT2D eigenvalue weighted by Crippen LogP contribution is 2.30. The molecule has 134 valence electrons. The molecule has 2 aromatic heterocycles. The number of nitrogens with zero attached hydrogens (tertiary/aromatic N) is 2. The number of anilines is 1. The van der Waals surface area contributed by atoms with E-state index >= 15 is 0 Å². The fourth-order valence-electron chi connectivity index (χ4n) is 2.90. The van der Waals surface area contributed by atoms with Crippen LogP contribution in [0.5, 0.6) is 0 Å². The number of benzene rings is 1. The molecule has 1 aliphatic rings. The molecule has 1 amide bonds. The van der Waals surface area contributed by atoms with Crippen LogP contribution in [0, 0.1) is 0 Å². The van der Waals surface area contributed by atoms with Crippen LogP contribution in [-0.2, 0) is 19.5 Å². The lowest BCUT2D eigenvalue weighted by Crippen LogP contribution is -2.29. The van der Waals surface area contributed by atoms with E-state index in [1.807, 2.05) is 18.2 Å². The molecule has 3 heterocycles. The van der Waals surface area contributed by atoms with Gasteiger partial charge < -0.3 is 4.42 Å². The van der Waals surface area contributed by atoms with Gasteiger partial charge in [-0.25, -0.2) is 4.98 Å². The average Bonchev–Trinajstić information content (AvgIpc) is 3.27. The van der Waals surface area contributed by atoms with Gasteiger partial charge in [0.1, 0.15) is 6.26 Å². The Morgan fingerprint density at radius 2 is 2.19 bits per heavy atom. The Bertz CT molecular complexity index is 940. The zero-order valence-electron chi connectivity index (χ0n) is 13.7. The summed E-state index contributed by atoms with van der Waals surface area (Å²) in [6.45, 7) is 2.51. The highest BCUT2D eigenvalue weighted by Gasteiger charge is 2.22. The second kappa shape index (κ2) is 7.40. The smallest absolute Gasteiger partial charge is 0.260 e. The van der Waals surface area contributed by atoms with E-state index in [2.05, 4.69) is 15.2 Å². The Kier molecular flexibility index (Phi) is 5.00. The number of hydrogen-bond donors (Lipinski definition) is 1. The van der Waals surface area contributed by atoms with Gasteiger partial charge in [0, 0.05) is 30.9 Å². The summed E-state index contributed by atoms with van der Waals surface area (Å²) in [5.41, 5.74) is 2.67. The molecule has 0 saturated carbocycles. The van der Waals surface area contributed by atoms with E-state index < -0.39 is 0 Å². The lowest BCUT2D eigenvalue weighted by Gasteiger charge is -2.25. The zero-order valence-corrected chi connectivity index (χ0v) is 16.0. The van der Waals surface area contributed by atoms with Crippen molar-refractivity contribution in [1.29, 1.82) is 0 Å². The van der Waals surface area contributed by atoms with Crippen LogP contribution >= 0.6 is 34.5 Å². The van der Waals surface area contributed by atoms with E-state index in [9.17, 15) is 4.79 Å². The van der Waals surface area contributed by atoms with E-state index in [0.29, 0.717) is 20.7 Å². The standard InChI is InChI=1S/C18H15Cl2N3O2S/c19-13-2-1-11(7-14(13)20)8-23-5-3-15-16(9-23)26-18(21-15)22-17(24)12-4-6-25-10-12/h1-2,4,6-7,10H,3,5,8-9H2,(H,21,22,24). The molecule has 0 aliphatic carbocycles. The number of carbonyl (C=O) groups is 1. The minimum atomic E-state index is -0.211. The monoisotopic (exact) mass is 407 g/mol. The number of hydrogen-bond acceptors (Lipinski definition) is 5. The molecule has 0 atom stereocenters. The lowest BCUT2D eigenvalue weighted by molar-refractivity contribution is 0.102. The SMILES string of the molecule is O=C(Nc1nc2c(s1)CN(Cc1ccc(Cl)c(Cl)c1)CC2)c1ccoc1. The van der Waals surface area contributed by atoms with Gasteiger partial charge in [-0.3, -0.25) is 15.0 Å². The molecule has 4 rings (SSSR count). The summed E-state index contributed by atoms with van der Waals surface area (Å²) in [6.07, 6.45) is 3.75. The second-order valence-corrected chi connectivity index (χ2v) is 7.96. The van der Waals surface area contributed by atoms with Gasteiger partial charge in [0.2, 0.25) is 0 Å². The summed E-state index contributed by atoms with van der Waals surface area (Å²) < 4.78 is 4.94. The molecule has 0 radical (unpaired) electrons. The normalized spacial score (nSPS) is 14.2. The summed E-state index contributed by atoms with van der Waals surface area (Å²) in [5, 5.41) is 4.60. The third kappa shape index (κ3) is 3.78. The Labute approximate surface area is 164 Å².